The van der Waals surface area contributed by atoms with Gasteiger partial charge in [-0.15, -0.1) is 0 Å². The molecule has 0 aromatic rings. The largest absolute Gasteiger partial charge is 0.316 e. The lowest BCUT2D eigenvalue weighted by Gasteiger charge is -2.32. The lowest BCUT2D eigenvalue weighted by Crippen LogP contribution is -2.44. The highest BCUT2D eigenvalue weighted by atomic mass is 15.2. The van der Waals surface area contributed by atoms with E-state index in [1.165, 1.54) is 71.5 Å². The van der Waals surface area contributed by atoms with Crippen LogP contribution in [0.3, 0.4) is 0 Å². The Balaban J connectivity index is 1.53. The van der Waals surface area contributed by atoms with Gasteiger partial charge >= 0.3 is 0 Å². The van der Waals surface area contributed by atoms with Crippen molar-refractivity contribution in [1.29, 1.82) is 0 Å². The first-order chi connectivity index (χ1) is 7.84. The summed E-state index contributed by atoms with van der Waals surface area (Å²) >= 11 is 0. The van der Waals surface area contributed by atoms with Gasteiger partial charge in [0.15, 0.2) is 0 Å². The molecule has 0 aromatic carbocycles. The average molecular weight is 225 g/mol. The van der Waals surface area contributed by atoms with E-state index in [1.54, 1.807) is 0 Å². The van der Waals surface area contributed by atoms with Crippen molar-refractivity contribution < 1.29 is 0 Å². The third kappa shape index (κ3) is 4.04. The molecule has 94 valence electrons. The summed E-state index contributed by atoms with van der Waals surface area (Å²) in [6.07, 6.45) is 5.67. The van der Waals surface area contributed by atoms with E-state index in [0.29, 0.717) is 0 Å². The zero-order valence-electron chi connectivity index (χ0n) is 10.7. The Kier molecular flexibility index (Phi) is 5.07. The normalized spacial score (nSPS) is 29.4. The van der Waals surface area contributed by atoms with Crippen molar-refractivity contribution in [3.63, 3.8) is 0 Å². The number of likely N-dealkylation sites (N-methyl/N-ethyl adjacent to an activating group) is 1. The van der Waals surface area contributed by atoms with E-state index in [2.05, 4.69) is 22.2 Å². The van der Waals surface area contributed by atoms with Gasteiger partial charge in [-0.25, -0.2) is 0 Å². The fraction of sp³-hybridized carbons (Fsp3) is 1.00. The van der Waals surface area contributed by atoms with E-state index in [0.717, 1.165) is 5.92 Å². The summed E-state index contributed by atoms with van der Waals surface area (Å²) < 4.78 is 0. The molecule has 0 radical (unpaired) electrons. The highest BCUT2D eigenvalue weighted by Crippen LogP contribution is 2.16. The first-order valence-electron chi connectivity index (χ1n) is 6.96. The molecular weight excluding hydrogens is 198 g/mol. The molecule has 0 spiro atoms. The van der Waals surface area contributed by atoms with E-state index in [4.69, 9.17) is 0 Å². The molecule has 0 amide bonds. The van der Waals surface area contributed by atoms with Crippen molar-refractivity contribution in [2.75, 3.05) is 52.9 Å². The number of hydrogen-bond donors (Lipinski definition) is 1. The van der Waals surface area contributed by atoms with Gasteiger partial charge in [0.05, 0.1) is 0 Å². The van der Waals surface area contributed by atoms with E-state index in [-0.39, 0.29) is 0 Å². The molecule has 2 aliphatic heterocycles. The second-order valence-electron chi connectivity index (χ2n) is 5.50. The van der Waals surface area contributed by atoms with Crippen LogP contribution in [0.4, 0.5) is 0 Å². The molecule has 0 bridgehead atoms. The van der Waals surface area contributed by atoms with E-state index in [9.17, 15) is 0 Å². The number of piperazine rings is 1. The molecule has 0 aliphatic carbocycles. The van der Waals surface area contributed by atoms with Gasteiger partial charge in [-0.2, -0.15) is 0 Å². The van der Waals surface area contributed by atoms with E-state index < -0.39 is 0 Å². The fourth-order valence-electron chi connectivity index (χ4n) is 2.85. The lowest BCUT2D eigenvalue weighted by molar-refractivity contribution is 0.149. The van der Waals surface area contributed by atoms with E-state index >= 15 is 0 Å². The van der Waals surface area contributed by atoms with Crippen LogP contribution >= 0.6 is 0 Å². The van der Waals surface area contributed by atoms with Gasteiger partial charge in [0.2, 0.25) is 0 Å². The minimum absolute atomic E-state index is 0.959. The highest BCUT2D eigenvalue weighted by Gasteiger charge is 2.15. The molecule has 1 unspecified atom stereocenters. The SMILES string of the molecule is CN1CCN(CCCC2CCCNC2)CC1. The summed E-state index contributed by atoms with van der Waals surface area (Å²) in [4.78, 5) is 5.07. The standard InChI is InChI=1S/C13H27N3/c1-15-8-10-16(11-9-15)7-3-5-13-4-2-6-14-12-13/h13-14H,2-12H2,1H3. The molecule has 2 rings (SSSR count). The topological polar surface area (TPSA) is 18.5 Å². The number of nitrogens with zero attached hydrogens (tertiary/aromatic N) is 2. The Hall–Kier alpha value is -0.120. The van der Waals surface area contributed by atoms with Crippen molar-refractivity contribution in [3.8, 4) is 0 Å². The smallest absolute Gasteiger partial charge is 0.0110 e. The molecular formula is C13H27N3. The predicted molar refractivity (Wildman–Crippen MR) is 68.8 cm³/mol. The molecule has 3 heteroatoms. The maximum atomic E-state index is 3.51. The van der Waals surface area contributed by atoms with Gasteiger partial charge in [0.25, 0.3) is 0 Å². The van der Waals surface area contributed by atoms with Crippen LogP contribution in [0.1, 0.15) is 25.7 Å². The molecule has 16 heavy (non-hydrogen) atoms. The predicted octanol–water partition coefficient (Wildman–Crippen LogP) is 1.01. The highest BCUT2D eigenvalue weighted by molar-refractivity contribution is 4.72. The molecule has 0 saturated carbocycles. The Morgan fingerprint density at radius 3 is 2.69 bits per heavy atom. The summed E-state index contributed by atoms with van der Waals surface area (Å²) in [6, 6.07) is 0. The fourth-order valence-corrected chi connectivity index (χ4v) is 2.85. The first-order valence-corrected chi connectivity index (χ1v) is 6.96. The van der Waals surface area contributed by atoms with Crippen LogP contribution in [0.25, 0.3) is 0 Å². The molecule has 1 N–H and O–H groups in total. The third-order valence-corrected chi connectivity index (χ3v) is 4.08. The van der Waals surface area contributed by atoms with Crippen LogP contribution in [-0.4, -0.2) is 62.7 Å². The summed E-state index contributed by atoms with van der Waals surface area (Å²) in [5.74, 6) is 0.959. The molecule has 2 saturated heterocycles. The average Bonchev–Trinajstić information content (AvgIpc) is 2.33. The van der Waals surface area contributed by atoms with Crippen LogP contribution in [0.15, 0.2) is 0 Å². The number of piperidine rings is 1. The van der Waals surface area contributed by atoms with Gasteiger partial charge in [-0.3, -0.25) is 0 Å². The van der Waals surface area contributed by atoms with Crippen molar-refractivity contribution in [3.05, 3.63) is 0 Å². The van der Waals surface area contributed by atoms with Gasteiger partial charge in [0, 0.05) is 26.2 Å². The van der Waals surface area contributed by atoms with Gasteiger partial charge in [0.1, 0.15) is 0 Å². The maximum absolute atomic E-state index is 3.51. The van der Waals surface area contributed by atoms with Crippen molar-refractivity contribution in [2.45, 2.75) is 25.7 Å². The molecule has 2 fully saturated rings. The first kappa shape index (κ1) is 12.3. The van der Waals surface area contributed by atoms with Crippen LogP contribution in [0.5, 0.6) is 0 Å². The second-order valence-corrected chi connectivity index (χ2v) is 5.50. The second kappa shape index (κ2) is 6.58. The van der Waals surface area contributed by atoms with Crippen molar-refractivity contribution in [2.24, 2.45) is 5.92 Å². The number of nitrogens with one attached hydrogen (secondary N) is 1. The molecule has 1 atom stereocenters. The van der Waals surface area contributed by atoms with Gasteiger partial charge in [-0.05, 0) is 58.3 Å². The summed E-state index contributed by atoms with van der Waals surface area (Å²) in [5.41, 5.74) is 0. The molecule has 3 nitrogen and oxygen atoms in total. The Morgan fingerprint density at radius 2 is 2.00 bits per heavy atom. The summed E-state index contributed by atoms with van der Waals surface area (Å²) in [5, 5.41) is 3.51. The minimum Gasteiger partial charge on any atom is -0.316 e. The van der Waals surface area contributed by atoms with Crippen molar-refractivity contribution >= 4 is 0 Å². The van der Waals surface area contributed by atoms with Gasteiger partial charge < -0.3 is 15.1 Å². The van der Waals surface area contributed by atoms with Crippen LogP contribution in [0, 0.1) is 5.92 Å². The van der Waals surface area contributed by atoms with Crippen molar-refractivity contribution in [1.82, 2.24) is 15.1 Å². The minimum atomic E-state index is 0.959. The molecule has 0 aromatic heterocycles. The van der Waals surface area contributed by atoms with Gasteiger partial charge in [-0.1, -0.05) is 0 Å². The van der Waals surface area contributed by atoms with E-state index in [1.807, 2.05) is 0 Å². The maximum Gasteiger partial charge on any atom is 0.0110 e. The lowest BCUT2D eigenvalue weighted by atomic mass is 9.94. The Bertz CT molecular complexity index is 182. The summed E-state index contributed by atoms with van der Waals surface area (Å²) in [7, 11) is 2.23. The molecule has 2 heterocycles. The zero-order chi connectivity index (χ0) is 11.2. The van der Waals surface area contributed by atoms with Crippen LogP contribution in [-0.2, 0) is 0 Å². The quantitative estimate of drug-likeness (QED) is 0.770. The number of hydrogen-bond acceptors (Lipinski definition) is 3. The summed E-state index contributed by atoms with van der Waals surface area (Å²) in [6.45, 7) is 8.90. The Labute approximate surface area is 100 Å². The van der Waals surface area contributed by atoms with Crippen LogP contribution < -0.4 is 5.32 Å². The Morgan fingerprint density at radius 1 is 1.19 bits per heavy atom. The molecule has 2 aliphatic rings. The number of rotatable bonds is 4. The third-order valence-electron chi connectivity index (χ3n) is 4.08. The van der Waals surface area contributed by atoms with Crippen LogP contribution in [0.2, 0.25) is 0 Å². The monoisotopic (exact) mass is 225 g/mol. The zero-order valence-corrected chi connectivity index (χ0v) is 10.7.